The third-order valence-electron chi connectivity index (χ3n) is 6.59. The molecule has 0 saturated carbocycles. The maximum Gasteiger partial charge on any atom is 0.340 e. The van der Waals surface area contributed by atoms with Crippen LogP contribution in [0, 0.1) is 0 Å². The highest BCUT2D eigenvalue weighted by atomic mass is 16.5. The number of hydrogen-bond acceptors (Lipinski definition) is 11. The Labute approximate surface area is 233 Å². The minimum atomic E-state index is -1.04. The van der Waals surface area contributed by atoms with Crippen LogP contribution in [0.25, 0.3) is 6.20 Å². The van der Waals surface area contributed by atoms with Crippen LogP contribution in [0.15, 0.2) is 21.0 Å². The Morgan fingerprint density at radius 1 is 0.732 bits per heavy atom. The third-order valence-corrected chi connectivity index (χ3v) is 6.59. The quantitative estimate of drug-likeness (QED) is 0.223. The molecule has 3 heterocycles. The van der Waals surface area contributed by atoms with Gasteiger partial charge in [0.25, 0.3) is 0 Å². The van der Waals surface area contributed by atoms with Gasteiger partial charge in [0.05, 0.1) is 20.0 Å². The second-order valence-electron chi connectivity index (χ2n) is 8.85. The molecule has 0 spiro atoms. The Balaban J connectivity index is 1.77. The zero-order valence-corrected chi connectivity index (χ0v) is 23.2. The lowest BCUT2D eigenvalue weighted by molar-refractivity contribution is -0.149. The number of hydrogen-bond donors (Lipinski definition) is 0. The molecule has 0 radical (unpaired) electrons. The standard InChI is InChI=1S/C23H33N7O11/c1-6-24-17-18(29(13-39-4)23(37)28(17)12-38-3)30(19(24)33)14-41-16(32)9-11-27-21(35)25(7-2)20(34)26(22(27)36)10-8-15(31)40-5/h7,17-18H,2,6,8-14H2,1,3-5H3. The van der Waals surface area contributed by atoms with Crippen molar-refractivity contribution in [2.24, 2.45) is 0 Å². The first-order valence-corrected chi connectivity index (χ1v) is 12.5. The van der Waals surface area contributed by atoms with Gasteiger partial charge in [-0.2, -0.15) is 0 Å². The van der Waals surface area contributed by atoms with Gasteiger partial charge in [-0.1, -0.05) is 6.58 Å². The van der Waals surface area contributed by atoms with Crippen molar-refractivity contribution in [1.82, 2.24) is 33.3 Å². The molecule has 226 valence electrons. The van der Waals surface area contributed by atoms with Gasteiger partial charge >= 0.3 is 41.1 Å². The topological polar surface area (TPSA) is 184 Å². The summed E-state index contributed by atoms with van der Waals surface area (Å²) in [6.07, 6.45) is -1.46. The van der Waals surface area contributed by atoms with Gasteiger partial charge in [0.15, 0.2) is 19.1 Å². The van der Waals surface area contributed by atoms with E-state index in [4.69, 9.17) is 14.2 Å². The average Bonchev–Trinajstić information content (AvgIpc) is 3.37. The summed E-state index contributed by atoms with van der Waals surface area (Å²) in [5.41, 5.74) is -3.08. The van der Waals surface area contributed by atoms with Crippen molar-refractivity contribution < 1.29 is 38.1 Å². The van der Waals surface area contributed by atoms with Gasteiger partial charge in [-0.25, -0.2) is 37.7 Å². The van der Waals surface area contributed by atoms with Crippen molar-refractivity contribution in [3.63, 3.8) is 0 Å². The molecule has 2 saturated heterocycles. The van der Waals surface area contributed by atoms with E-state index < -0.39 is 73.1 Å². The van der Waals surface area contributed by atoms with Crippen molar-refractivity contribution in [3.8, 4) is 0 Å². The number of carbonyl (C=O) groups excluding carboxylic acids is 4. The normalized spacial score (nSPS) is 18.2. The molecule has 1 aromatic rings. The molecule has 4 amide bonds. The number of likely N-dealkylation sites (N-methyl/N-ethyl adjacent to an activating group) is 1. The lowest BCUT2D eigenvalue weighted by Crippen LogP contribution is -2.53. The molecule has 2 fully saturated rings. The van der Waals surface area contributed by atoms with Crippen molar-refractivity contribution in [2.75, 3.05) is 48.1 Å². The number of urea groups is 2. The smallest absolute Gasteiger partial charge is 0.340 e. The van der Waals surface area contributed by atoms with Gasteiger partial charge < -0.3 is 23.8 Å². The van der Waals surface area contributed by atoms with Gasteiger partial charge in [0.2, 0.25) is 0 Å². The highest BCUT2D eigenvalue weighted by molar-refractivity contribution is 5.85. The van der Waals surface area contributed by atoms with Crippen LogP contribution >= 0.6 is 0 Å². The fourth-order valence-corrected chi connectivity index (χ4v) is 4.67. The minimum Gasteiger partial charge on any atom is -0.469 e. The molecule has 2 aliphatic heterocycles. The molecule has 0 aliphatic carbocycles. The molecule has 2 unspecified atom stereocenters. The van der Waals surface area contributed by atoms with E-state index in [-0.39, 0.29) is 33.0 Å². The van der Waals surface area contributed by atoms with Gasteiger partial charge in [-0.15, -0.1) is 0 Å². The van der Waals surface area contributed by atoms with Crippen LogP contribution in [0.5, 0.6) is 0 Å². The monoisotopic (exact) mass is 583 g/mol. The van der Waals surface area contributed by atoms with Gasteiger partial charge in [-0.05, 0) is 6.92 Å². The van der Waals surface area contributed by atoms with Crippen LogP contribution in [0.2, 0.25) is 0 Å². The number of fused-ring (bicyclic) bond motifs is 1. The second-order valence-corrected chi connectivity index (χ2v) is 8.85. The summed E-state index contributed by atoms with van der Waals surface area (Å²) in [4.78, 5) is 93.7. The van der Waals surface area contributed by atoms with Crippen LogP contribution in [-0.2, 0) is 41.6 Å². The molecule has 2 atom stereocenters. The van der Waals surface area contributed by atoms with E-state index in [1.54, 1.807) is 6.92 Å². The summed E-state index contributed by atoms with van der Waals surface area (Å²) in [5, 5.41) is 0. The summed E-state index contributed by atoms with van der Waals surface area (Å²) in [7, 11) is 3.94. The first-order valence-electron chi connectivity index (χ1n) is 12.5. The van der Waals surface area contributed by atoms with Crippen LogP contribution in [-0.4, -0.2) is 118 Å². The van der Waals surface area contributed by atoms with E-state index in [0.29, 0.717) is 13.7 Å². The molecule has 41 heavy (non-hydrogen) atoms. The highest BCUT2D eigenvalue weighted by Crippen LogP contribution is 2.34. The van der Waals surface area contributed by atoms with Crippen molar-refractivity contribution >= 4 is 30.2 Å². The fraction of sp³-hybridized carbons (Fsp3) is 0.609. The molecule has 3 rings (SSSR count). The van der Waals surface area contributed by atoms with Gasteiger partial charge in [0, 0.05) is 40.1 Å². The van der Waals surface area contributed by atoms with E-state index in [0.717, 1.165) is 13.3 Å². The third kappa shape index (κ3) is 5.87. The van der Waals surface area contributed by atoms with E-state index in [9.17, 15) is 33.6 Å². The molecular weight excluding hydrogens is 550 g/mol. The van der Waals surface area contributed by atoms with E-state index in [2.05, 4.69) is 11.3 Å². The molecule has 0 aromatic carbocycles. The zero-order valence-electron chi connectivity index (χ0n) is 23.2. The van der Waals surface area contributed by atoms with Crippen molar-refractivity contribution in [1.29, 1.82) is 0 Å². The molecule has 2 aliphatic rings. The number of methoxy groups -OCH3 is 3. The predicted octanol–water partition coefficient (Wildman–Crippen LogP) is -1.92. The summed E-state index contributed by atoms with van der Waals surface area (Å²) in [6.45, 7) is 3.78. The lowest BCUT2D eigenvalue weighted by atomic mass is 10.3. The molecule has 18 heteroatoms. The number of carbonyl (C=O) groups is 4. The Bertz CT molecular complexity index is 1370. The second kappa shape index (κ2) is 13.3. The van der Waals surface area contributed by atoms with Gasteiger partial charge in [0.1, 0.15) is 13.5 Å². The number of rotatable bonds is 14. The fourth-order valence-electron chi connectivity index (χ4n) is 4.67. The molecule has 0 N–H and O–H groups in total. The molecular formula is C23H33N7O11. The van der Waals surface area contributed by atoms with Crippen LogP contribution in [0.3, 0.4) is 0 Å². The summed E-state index contributed by atoms with van der Waals surface area (Å²) >= 11 is 0. The van der Waals surface area contributed by atoms with Crippen LogP contribution in [0.4, 0.5) is 9.59 Å². The van der Waals surface area contributed by atoms with E-state index in [1.165, 1.54) is 33.8 Å². The largest absolute Gasteiger partial charge is 0.469 e. The maximum atomic E-state index is 13.2. The average molecular weight is 584 g/mol. The minimum absolute atomic E-state index is 0.0869. The summed E-state index contributed by atoms with van der Waals surface area (Å²) < 4.78 is 22.0. The number of nitrogens with zero attached hydrogens (tertiary/aromatic N) is 7. The zero-order chi connectivity index (χ0) is 30.4. The SMILES string of the molecule is C=Cn1c(=O)n(CCC(=O)OC)c(=O)n(CCC(=O)OCN2C(=O)N(CC)C3C2N(COC)C(=O)N3COC)c1=O. The number of aromatic nitrogens is 3. The first kappa shape index (κ1) is 31.1. The molecule has 0 bridgehead atoms. The Morgan fingerprint density at radius 3 is 1.66 bits per heavy atom. The Hall–Kier alpha value is -4.45. The van der Waals surface area contributed by atoms with Crippen LogP contribution in [0.1, 0.15) is 19.8 Å². The number of esters is 2. The summed E-state index contributed by atoms with van der Waals surface area (Å²) in [5.74, 6) is -1.55. The maximum absolute atomic E-state index is 13.2. The summed E-state index contributed by atoms with van der Waals surface area (Å²) in [6, 6.07) is -0.932. The number of amides is 4. The number of ether oxygens (including phenoxy) is 4. The van der Waals surface area contributed by atoms with E-state index in [1.807, 2.05) is 0 Å². The Morgan fingerprint density at radius 2 is 1.20 bits per heavy atom. The Kier molecular flexibility index (Phi) is 10.1. The molecule has 18 nitrogen and oxygen atoms in total. The van der Waals surface area contributed by atoms with Gasteiger partial charge in [-0.3, -0.25) is 24.3 Å². The van der Waals surface area contributed by atoms with Crippen molar-refractivity contribution in [3.05, 3.63) is 38.0 Å². The lowest BCUT2D eigenvalue weighted by Gasteiger charge is -2.28. The first-order chi connectivity index (χ1) is 19.6. The van der Waals surface area contributed by atoms with E-state index >= 15 is 0 Å². The van der Waals surface area contributed by atoms with Crippen LogP contribution < -0.4 is 17.1 Å². The highest BCUT2D eigenvalue weighted by Gasteiger charge is 2.59. The van der Waals surface area contributed by atoms with Crippen molar-refractivity contribution in [2.45, 2.75) is 45.2 Å². The molecule has 1 aromatic heterocycles. The predicted molar refractivity (Wildman–Crippen MR) is 138 cm³/mol.